The molecule has 0 fully saturated rings. The molecule has 7 heteroatoms. The number of rotatable bonds is 7. The summed E-state index contributed by atoms with van der Waals surface area (Å²) in [5.74, 6) is 2.19. The Kier molecular flexibility index (Phi) is 4.88. The smallest absolute Gasteiger partial charge is 0.248 e. The van der Waals surface area contributed by atoms with E-state index in [0.29, 0.717) is 12.5 Å². The maximum Gasteiger partial charge on any atom is 0.248 e. The molecule has 24 heavy (non-hydrogen) atoms. The molecule has 126 valence electrons. The Morgan fingerprint density at radius 3 is 2.96 bits per heavy atom. The van der Waals surface area contributed by atoms with Crippen molar-refractivity contribution in [1.82, 2.24) is 25.2 Å². The molecule has 3 aromatic rings. The van der Waals surface area contributed by atoms with E-state index in [9.17, 15) is 4.79 Å². The first-order valence-corrected chi connectivity index (χ1v) is 8.13. The topological polar surface area (TPSA) is 85.7 Å². The predicted molar refractivity (Wildman–Crippen MR) is 91.0 cm³/mol. The average Bonchev–Trinajstić information content (AvgIpc) is 2.98. The van der Waals surface area contributed by atoms with Gasteiger partial charge in [0.25, 0.3) is 0 Å². The van der Waals surface area contributed by atoms with Crippen molar-refractivity contribution in [3.8, 4) is 5.75 Å². The normalized spacial score (nSPS) is 11.3. The molecule has 3 rings (SSSR count). The van der Waals surface area contributed by atoms with Gasteiger partial charge in [0.1, 0.15) is 5.75 Å². The molecule has 0 aliphatic heterocycles. The molecular formula is C17H21N5O2. The molecule has 2 heterocycles. The Morgan fingerprint density at radius 1 is 1.25 bits per heavy atom. The van der Waals surface area contributed by atoms with E-state index in [1.54, 1.807) is 6.07 Å². The molecule has 1 aromatic carbocycles. The van der Waals surface area contributed by atoms with Gasteiger partial charge in [-0.15, -0.1) is 5.10 Å². The number of benzene rings is 1. The number of nitrogens with zero attached hydrogens (tertiary/aromatic N) is 4. The molecule has 0 atom stereocenters. The van der Waals surface area contributed by atoms with Gasteiger partial charge in [-0.3, -0.25) is 4.79 Å². The summed E-state index contributed by atoms with van der Waals surface area (Å²) in [4.78, 5) is 14.1. The van der Waals surface area contributed by atoms with Crippen LogP contribution >= 0.6 is 0 Å². The molecule has 0 saturated carbocycles. The van der Waals surface area contributed by atoms with E-state index in [1.165, 1.54) is 6.07 Å². The average molecular weight is 327 g/mol. The van der Waals surface area contributed by atoms with Gasteiger partial charge in [0.2, 0.25) is 5.56 Å². The van der Waals surface area contributed by atoms with E-state index < -0.39 is 0 Å². The van der Waals surface area contributed by atoms with Gasteiger partial charge < -0.3 is 9.72 Å². The van der Waals surface area contributed by atoms with Gasteiger partial charge in [-0.05, 0) is 47.0 Å². The van der Waals surface area contributed by atoms with Crippen LogP contribution in [0.2, 0.25) is 0 Å². The van der Waals surface area contributed by atoms with E-state index in [4.69, 9.17) is 4.74 Å². The highest BCUT2D eigenvalue weighted by molar-refractivity contribution is 5.79. The second-order valence-electron chi connectivity index (χ2n) is 6.19. The Morgan fingerprint density at radius 2 is 2.12 bits per heavy atom. The lowest BCUT2D eigenvalue weighted by Gasteiger charge is -2.08. The summed E-state index contributed by atoms with van der Waals surface area (Å²) in [7, 11) is 0. The van der Waals surface area contributed by atoms with Gasteiger partial charge >= 0.3 is 0 Å². The number of aromatic nitrogens is 5. The molecular weight excluding hydrogens is 306 g/mol. The van der Waals surface area contributed by atoms with Gasteiger partial charge in [-0.1, -0.05) is 13.8 Å². The Labute approximate surface area is 139 Å². The summed E-state index contributed by atoms with van der Waals surface area (Å²) in [5.41, 5.74) is 0.706. The largest absolute Gasteiger partial charge is 0.494 e. The molecule has 0 aliphatic carbocycles. The maximum absolute atomic E-state index is 11.3. The third-order valence-electron chi connectivity index (χ3n) is 3.65. The SMILES string of the molecule is CC(C)Cn1nnnc1CCCOc1ccc2[nH]c(=O)ccc2c1. The van der Waals surface area contributed by atoms with Crippen molar-refractivity contribution in [3.05, 3.63) is 46.5 Å². The van der Waals surface area contributed by atoms with E-state index in [2.05, 4.69) is 34.4 Å². The molecule has 2 aromatic heterocycles. The number of tetrazole rings is 1. The lowest BCUT2D eigenvalue weighted by atomic mass is 10.2. The van der Waals surface area contributed by atoms with Gasteiger partial charge in [0, 0.05) is 29.9 Å². The fourth-order valence-electron chi connectivity index (χ4n) is 2.53. The third kappa shape index (κ3) is 3.98. The summed E-state index contributed by atoms with van der Waals surface area (Å²) in [5, 5.41) is 12.8. The number of pyridine rings is 1. The quantitative estimate of drug-likeness (QED) is 0.672. The van der Waals surface area contributed by atoms with Crippen LogP contribution in [0, 0.1) is 5.92 Å². The maximum atomic E-state index is 11.3. The zero-order valence-corrected chi connectivity index (χ0v) is 13.9. The van der Waals surface area contributed by atoms with Crippen LogP contribution in [0.25, 0.3) is 10.9 Å². The Balaban J connectivity index is 1.54. The fraction of sp³-hybridized carbons (Fsp3) is 0.412. The zero-order valence-electron chi connectivity index (χ0n) is 13.9. The fourth-order valence-corrected chi connectivity index (χ4v) is 2.53. The van der Waals surface area contributed by atoms with E-state index >= 15 is 0 Å². The molecule has 0 aliphatic rings. The van der Waals surface area contributed by atoms with Crippen LogP contribution < -0.4 is 10.3 Å². The van der Waals surface area contributed by atoms with Crippen LogP contribution in [0.1, 0.15) is 26.1 Å². The predicted octanol–water partition coefficient (Wildman–Crippen LogP) is 2.18. The number of aromatic amines is 1. The van der Waals surface area contributed by atoms with Crippen molar-refractivity contribution in [1.29, 1.82) is 0 Å². The van der Waals surface area contributed by atoms with Crippen LogP contribution in [-0.2, 0) is 13.0 Å². The van der Waals surface area contributed by atoms with Crippen molar-refractivity contribution in [2.75, 3.05) is 6.61 Å². The summed E-state index contributed by atoms with van der Waals surface area (Å²) in [6.07, 6.45) is 1.61. The van der Waals surface area contributed by atoms with Crippen molar-refractivity contribution in [2.24, 2.45) is 5.92 Å². The van der Waals surface area contributed by atoms with Crippen molar-refractivity contribution < 1.29 is 4.74 Å². The molecule has 0 amide bonds. The Hall–Kier alpha value is -2.70. The number of H-pyrrole nitrogens is 1. The second kappa shape index (κ2) is 7.25. The highest BCUT2D eigenvalue weighted by atomic mass is 16.5. The van der Waals surface area contributed by atoms with Crippen LogP contribution in [0.15, 0.2) is 35.1 Å². The minimum atomic E-state index is -0.102. The van der Waals surface area contributed by atoms with E-state index in [-0.39, 0.29) is 5.56 Å². The minimum Gasteiger partial charge on any atom is -0.494 e. The number of hydrogen-bond acceptors (Lipinski definition) is 5. The molecule has 0 bridgehead atoms. The number of aryl methyl sites for hydroxylation is 1. The highest BCUT2D eigenvalue weighted by Gasteiger charge is 2.07. The van der Waals surface area contributed by atoms with Crippen LogP contribution in [0.3, 0.4) is 0 Å². The van der Waals surface area contributed by atoms with Gasteiger partial charge in [-0.25, -0.2) is 4.68 Å². The molecule has 0 spiro atoms. The summed E-state index contributed by atoms with van der Waals surface area (Å²) < 4.78 is 7.65. The first-order valence-electron chi connectivity index (χ1n) is 8.13. The summed E-state index contributed by atoms with van der Waals surface area (Å²) in [6.45, 7) is 5.69. The second-order valence-corrected chi connectivity index (χ2v) is 6.19. The molecule has 0 saturated heterocycles. The van der Waals surface area contributed by atoms with E-state index in [0.717, 1.165) is 41.9 Å². The highest BCUT2D eigenvalue weighted by Crippen LogP contribution is 2.18. The summed E-state index contributed by atoms with van der Waals surface area (Å²) in [6, 6.07) is 8.95. The lowest BCUT2D eigenvalue weighted by molar-refractivity contribution is 0.308. The van der Waals surface area contributed by atoms with Crippen LogP contribution in [0.4, 0.5) is 0 Å². The van der Waals surface area contributed by atoms with Gasteiger partial charge in [-0.2, -0.15) is 0 Å². The van der Waals surface area contributed by atoms with Crippen molar-refractivity contribution in [2.45, 2.75) is 33.2 Å². The zero-order chi connectivity index (χ0) is 16.9. The number of nitrogens with one attached hydrogen (secondary N) is 1. The number of hydrogen-bond donors (Lipinski definition) is 1. The third-order valence-corrected chi connectivity index (χ3v) is 3.65. The molecule has 7 nitrogen and oxygen atoms in total. The van der Waals surface area contributed by atoms with E-state index in [1.807, 2.05) is 22.9 Å². The molecule has 0 radical (unpaired) electrons. The lowest BCUT2D eigenvalue weighted by Crippen LogP contribution is -2.11. The van der Waals surface area contributed by atoms with Gasteiger partial charge in [0.05, 0.1) is 6.61 Å². The first-order chi connectivity index (χ1) is 11.6. The van der Waals surface area contributed by atoms with Crippen LogP contribution in [-0.4, -0.2) is 31.8 Å². The summed E-state index contributed by atoms with van der Waals surface area (Å²) >= 11 is 0. The Bertz CT molecular complexity index is 869. The number of ether oxygens (including phenoxy) is 1. The monoisotopic (exact) mass is 327 g/mol. The van der Waals surface area contributed by atoms with Crippen molar-refractivity contribution >= 4 is 10.9 Å². The minimum absolute atomic E-state index is 0.102. The first kappa shape index (κ1) is 16.2. The van der Waals surface area contributed by atoms with Gasteiger partial charge in [0.15, 0.2) is 5.82 Å². The standard InChI is InChI=1S/C17H21N5O2/c1-12(2)11-22-16(19-20-21-22)4-3-9-24-14-6-7-15-13(10-14)5-8-17(23)18-15/h5-8,10,12H,3-4,9,11H2,1-2H3,(H,18,23). The van der Waals surface area contributed by atoms with Crippen LogP contribution in [0.5, 0.6) is 5.75 Å². The van der Waals surface area contributed by atoms with Crippen molar-refractivity contribution in [3.63, 3.8) is 0 Å². The molecule has 0 unspecified atom stereocenters. The number of fused-ring (bicyclic) bond motifs is 1. The molecule has 1 N–H and O–H groups in total.